The quantitative estimate of drug-likeness (QED) is 0.805. The SMILES string of the molecule is N#Cc1ccc(/C=C/CN2CCN(CCc3ccc(C(=O)O)cc3)CC2)cc1. The summed E-state index contributed by atoms with van der Waals surface area (Å²) in [7, 11) is 0. The normalized spacial score (nSPS) is 15.5. The zero-order chi connectivity index (χ0) is 19.8. The monoisotopic (exact) mass is 375 g/mol. The van der Waals surface area contributed by atoms with E-state index in [-0.39, 0.29) is 0 Å². The Hall–Kier alpha value is -2.94. The molecule has 1 aliphatic heterocycles. The van der Waals surface area contributed by atoms with Gasteiger partial charge in [0.2, 0.25) is 0 Å². The largest absolute Gasteiger partial charge is 0.478 e. The minimum absolute atomic E-state index is 0.339. The number of nitrogens with zero attached hydrogens (tertiary/aromatic N) is 3. The molecule has 0 unspecified atom stereocenters. The fourth-order valence-electron chi connectivity index (χ4n) is 3.30. The topological polar surface area (TPSA) is 67.6 Å². The van der Waals surface area contributed by atoms with Crippen molar-refractivity contribution in [1.82, 2.24) is 9.80 Å². The van der Waals surface area contributed by atoms with Crippen LogP contribution in [0.4, 0.5) is 0 Å². The highest BCUT2D eigenvalue weighted by Crippen LogP contribution is 2.09. The second-order valence-electron chi connectivity index (χ2n) is 7.03. The number of nitriles is 1. The van der Waals surface area contributed by atoms with Crippen LogP contribution in [0.2, 0.25) is 0 Å². The van der Waals surface area contributed by atoms with Crippen LogP contribution in [0.25, 0.3) is 6.08 Å². The first kappa shape index (κ1) is 19.8. The van der Waals surface area contributed by atoms with Crippen LogP contribution < -0.4 is 0 Å². The number of aromatic carboxylic acids is 1. The van der Waals surface area contributed by atoms with Gasteiger partial charge in [-0.25, -0.2) is 4.79 Å². The summed E-state index contributed by atoms with van der Waals surface area (Å²) in [5.74, 6) is -0.879. The summed E-state index contributed by atoms with van der Waals surface area (Å²) in [5.41, 5.74) is 3.32. The highest BCUT2D eigenvalue weighted by atomic mass is 16.4. The molecule has 0 bridgehead atoms. The van der Waals surface area contributed by atoms with Crippen LogP contribution in [-0.4, -0.2) is 60.1 Å². The van der Waals surface area contributed by atoms with Gasteiger partial charge in [-0.05, 0) is 41.8 Å². The van der Waals surface area contributed by atoms with Crippen LogP contribution in [-0.2, 0) is 6.42 Å². The molecule has 1 fully saturated rings. The number of carbonyl (C=O) groups is 1. The van der Waals surface area contributed by atoms with Gasteiger partial charge in [-0.15, -0.1) is 0 Å². The summed E-state index contributed by atoms with van der Waals surface area (Å²) in [4.78, 5) is 15.8. The predicted octanol–water partition coefficient (Wildman–Crippen LogP) is 3.13. The smallest absolute Gasteiger partial charge is 0.335 e. The summed E-state index contributed by atoms with van der Waals surface area (Å²) in [6.45, 7) is 6.15. The molecular formula is C23H25N3O2. The van der Waals surface area contributed by atoms with E-state index in [0.29, 0.717) is 11.1 Å². The van der Waals surface area contributed by atoms with E-state index in [0.717, 1.165) is 51.3 Å². The van der Waals surface area contributed by atoms with Crippen molar-refractivity contribution in [2.45, 2.75) is 6.42 Å². The highest BCUT2D eigenvalue weighted by Gasteiger charge is 2.15. The molecule has 2 aromatic carbocycles. The van der Waals surface area contributed by atoms with Crippen LogP contribution >= 0.6 is 0 Å². The van der Waals surface area contributed by atoms with Crippen molar-refractivity contribution in [3.05, 3.63) is 76.9 Å². The second kappa shape index (κ2) is 9.84. The van der Waals surface area contributed by atoms with Gasteiger partial charge in [0.05, 0.1) is 17.2 Å². The van der Waals surface area contributed by atoms with E-state index in [1.807, 2.05) is 36.4 Å². The van der Waals surface area contributed by atoms with E-state index in [9.17, 15) is 4.79 Å². The van der Waals surface area contributed by atoms with Crippen LogP contribution in [0.1, 0.15) is 27.0 Å². The van der Waals surface area contributed by atoms with Crippen molar-refractivity contribution in [2.24, 2.45) is 0 Å². The van der Waals surface area contributed by atoms with Crippen molar-refractivity contribution < 1.29 is 9.90 Å². The summed E-state index contributed by atoms with van der Waals surface area (Å²) < 4.78 is 0. The van der Waals surface area contributed by atoms with Gasteiger partial charge < -0.3 is 10.0 Å². The number of hydrogen-bond donors (Lipinski definition) is 1. The molecule has 0 amide bonds. The zero-order valence-corrected chi connectivity index (χ0v) is 15.9. The molecule has 28 heavy (non-hydrogen) atoms. The zero-order valence-electron chi connectivity index (χ0n) is 15.9. The van der Waals surface area contributed by atoms with Crippen molar-refractivity contribution in [1.29, 1.82) is 5.26 Å². The van der Waals surface area contributed by atoms with Gasteiger partial charge in [-0.3, -0.25) is 4.90 Å². The predicted molar refractivity (Wildman–Crippen MR) is 110 cm³/mol. The minimum Gasteiger partial charge on any atom is -0.478 e. The third-order valence-corrected chi connectivity index (χ3v) is 5.10. The lowest BCUT2D eigenvalue weighted by Gasteiger charge is -2.34. The maximum Gasteiger partial charge on any atom is 0.335 e. The van der Waals surface area contributed by atoms with Crippen molar-refractivity contribution in [2.75, 3.05) is 39.3 Å². The number of carboxylic acids is 1. The third kappa shape index (κ3) is 5.78. The van der Waals surface area contributed by atoms with Gasteiger partial charge in [-0.1, -0.05) is 36.4 Å². The molecule has 0 aromatic heterocycles. The number of carboxylic acid groups (broad SMARTS) is 1. The third-order valence-electron chi connectivity index (χ3n) is 5.10. The van der Waals surface area contributed by atoms with Crippen molar-refractivity contribution in [3.8, 4) is 6.07 Å². The van der Waals surface area contributed by atoms with Gasteiger partial charge in [-0.2, -0.15) is 5.26 Å². The van der Waals surface area contributed by atoms with E-state index in [1.165, 1.54) is 5.56 Å². The average Bonchev–Trinajstić information content (AvgIpc) is 2.74. The van der Waals surface area contributed by atoms with Gasteiger partial charge in [0.25, 0.3) is 0 Å². The van der Waals surface area contributed by atoms with Crippen LogP contribution in [0.5, 0.6) is 0 Å². The van der Waals surface area contributed by atoms with Crippen molar-refractivity contribution >= 4 is 12.0 Å². The summed E-state index contributed by atoms with van der Waals surface area (Å²) in [6.07, 6.45) is 5.23. The number of hydrogen-bond acceptors (Lipinski definition) is 4. The Balaban J connectivity index is 1.37. The van der Waals surface area contributed by atoms with E-state index >= 15 is 0 Å². The average molecular weight is 375 g/mol. The molecule has 1 N–H and O–H groups in total. The molecule has 0 aliphatic carbocycles. The van der Waals surface area contributed by atoms with E-state index in [2.05, 4.69) is 28.0 Å². The standard InChI is InChI=1S/C23H25N3O2/c24-18-21-5-3-19(4-6-21)2-1-12-25-14-16-26(17-15-25)13-11-20-7-9-22(10-8-20)23(27)28/h1-10H,11-17H2,(H,27,28)/b2-1+. The summed E-state index contributed by atoms with van der Waals surface area (Å²) in [6, 6.07) is 16.9. The maximum atomic E-state index is 10.9. The van der Waals surface area contributed by atoms with Crippen molar-refractivity contribution in [3.63, 3.8) is 0 Å². The van der Waals surface area contributed by atoms with E-state index in [4.69, 9.17) is 10.4 Å². The van der Waals surface area contributed by atoms with Crippen LogP contribution in [0.3, 0.4) is 0 Å². The summed E-state index contributed by atoms with van der Waals surface area (Å²) >= 11 is 0. The molecule has 1 aliphatic rings. The molecule has 0 radical (unpaired) electrons. The Bertz CT molecular complexity index is 843. The number of rotatable bonds is 7. The fourth-order valence-corrected chi connectivity index (χ4v) is 3.30. The minimum atomic E-state index is -0.879. The second-order valence-corrected chi connectivity index (χ2v) is 7.03. The molecule has 1 saturated heterocycles. The lowest BCUT2D eigenvalue weighted by atomic mass is 10.1. The van der Waals surface area contributed by atoms with Crippen LogP contribution in [0, 0.1) is 11.3 Å². The van der Waals surface area contributed by atoms with Gasteiger partial charge in [0.1, 0.15) is 0 Å². The highest BCUT2D eigenvalue weighted by molar-refractivity contribution is 5.87. The molecule has 1 heterocycles. The number of piperazine rings is 1. The maximum absolute atomic E-state index is 10.9. The van der Waals surface area contributed by atoms with Gasteiger partial charge >= 0.3 is 5.97 Å². The molecule has 0 atom stereocenters. The van der Waals surface area contributed by atoms with E-state index < -0.39 is 5.97 Å². The van der Waals surface area contributed by atoms with E-state index in [1.54, 1.807) is 12.1 Å². The van der Waals surface area contributed by atoms with Gasteiger partial charge in [0.15, 0.2) is 0 Å². The Morgan fingerprint density at radius 1 is 1.00 bits per heavy atom. The Morgan fingerprint density at radius 2 is 1.64 bits per heavy atom. The molecule has 2 aromatic rings. The molecule has 5 nitrogen and oxygen atoms in total. The number of benzene rings is 2. The Labute approximate surface area is 166 Å². The first-order chi connectivity index (χ1) is 13.6. The molecule has 0 spiro atoms. The molecule has 3 rings (SSSR count). The summed E-state index contributed by atoms with van der Waals surface area (Å²) in [5, 5.41) is 17.8. The fraction of sp³-hybridized carbons (Fsp3) is 0.304. The van der Waals surface area contributed by atoms with Crippen LogP contribution in [0.15, 0.2) is 54.6 Å². The first-order valence-corrected chi connectivity index (χ1v) is 9.58. The Morgan fingerprint density at radius 3 is 2.25 bits per heavy atom. The van der Waals surface area contributed by atoms with Gasteiger partial charge in [0, 0.05) is 39.3 Å². The Kier molecular flexibility index (Phi) is 6.96. The molecule has 0 saturated carbocycles. The molecular weight excluding hydrogens is 350 g/mol. The first-order valence-electron chi connectivity index (χ1n) is 9.58. The lowest BCUT2D eigenvalue weighted by Crippen LogP contribution is -2.46. The lowest BCUT2D eigenvalue weighted by molar-refractivity contribution is 0.0697. The molecule has 5 heteroatoms. The molecule has 144 valence electrons.